The van der Waals surface area contributed by atoms with Gasteiger partial charge in [-0.3, -0.25) is 4.79 Å². The van der Waals surface area contributed by atoms with E-state index in [-0.39, 0.29) is 28.0 Å². The standard InChI is InChI=1S/C26H19Cl2N3O2/c1-2-17-7-9-22(10-8-17)31-26(32)21(15-30)11-18-12-23(27)25(24(28)13-18)33-16-20-6-4-3-5-19(20)14-29/h3-13H,2,16H2,1H3,(H,31,32)/b21-11+. The van der Waals surface area contributed by atoms with Gasteiger partial charge in [0.1, 0.15) is 18.2 Å². The van der Waals surface area contributed by atoms with Gasteiger partial charge in [-0.05, 0) is 54.0 Å². The minimum absolute atomic E-state index is 0.0988. The molecule has 3 aromatic rings. The number of anilines is 1. The van der Waals surface area contributed by atoms with Crippen LogP contribution in [0.15, 0.2) is 66.2 Å². The van der Waals surface area contributed by atoms with Crippen LogP contribution in [0.2, 0.25) is 10.0 Å². The molecule has 0 bridgehead atoms. The summed E-state index contributed by atoms with van der Waals surface area (Å²) in [5.41, 5.74) is 3.31. The number of nitrogens with one attached hydrogen (secondary N) is 1. The summed E-state index contributed by atoms with van der Waals surface area (Å²) in [4.78, 5) is 12.5. The number of nitrogens with zero attached hydrogens (tertiary/aromatic N) is 2. The molecular formula is C26H19Cl2N3O2. The Balaban J connectivity index is 1.77. The quantitative estimate of drug-likeness (QED) is 0.309. The predicted molar refractivity (Wildman–Crippen MR) is 130 cm³/mol. The van der Waals surface area contributed by atoms with E-state index in [0.29, 0.717) is 22.4 Å². The lowest BCUT2D eigenvalue weighted by molar-refractivity contribution is -0.112. The first-order valence-corrected chi connectivity index (χ1v) is 10.8. The van der Waals surface area contributed by atoms with Crippen molar-refractivity contribution in [3.63, 3.8) is 0 Å². The first-order chi connectivity index (χ1) is 15.9. The second-order valence-electron chi connectivity index (χ2n) is 7.05. The van der Waals surface area contributed by atoms with Gasteiger partial charge < -0.3 is 10.1 Å². The maximum Gasteiger partial charge on any atom is 0.266 e. The van der Waals surface area contributed by atoms with Gasteiger partial charge in [0.25, 0.3) is 5.91 Å². The zero-order valence-corrected chi connectivity index (χ0v) is 19.2. The van der Waals surface area contributed by atoms with Crippen LogP contribution >= 0.6 is 23.2 Å². The van der Waals surface area contributed by atoms with Gasteiger partial charge in [-0.15, -0.1) is 0 Å². The summed E-state index contributed by atoms with van der Waals surface area (Å²) >= 11 is 12.7. The fraction of sp³-hybridized carbons (Fsp3) is 0.115. The van der Waals surface area contributed by atoms with Crippen LogP contribution in [-0.2, 0) is 17.8 Å². The third-order valence-corrected chi connectivity index (χ3v) is 5.39. The Morgan fingerprint density at radius 1 is 1.06 bits per heavy atom. The summed E-state index contributed by atoms with van der Waals surface area (Å²) in [5, 5.41) is 21.8. The van der Waals surface area contributed by atoms with Crippen LogP contribution in [0.3, 0.4) is 0 Å². The average Bonchev–Trinajstić information content (AvgIpc) is 2.82. The molecule has 0 aliphatic rings. The molecule has 0 aliphatic heterocycles. The Kier molecular flexibility index (Phi) is 8.11. The summed E-state index contributed by atoms with van der Waals surface area (Å²) in [7, 11) is 0. The van der Waals surface area contributed by atoms with E-state index in [0.717, 1.165) is 12.0 Å². The van der Waals surface area contributed by atoms with E-state index < -0.39 is 5.91 Å². The molecule has 0 saturated heterocycles. The molecule has 0 heterocycles. The second-order valence-corrected chi connectivity index (χ2v) is 7.86. The number of hydrogen-bond acceptors (Lipinski definition) is 4. The first kappa shape index (κ1) is 23.9. The Hall–Kier alpha value is -3.77. The van der Waals surface area contributed by atoms with Crippen molar-refractivity contribution < 1.29 is 9.53 Å². The number of benzene rings is 3. The van der Waals surface area contributed by atoms with E-state index in [1.165, 1.54) is 6.08 Å². The molecule has 3 aromatic carbocycles. The highest BCUT2D eigenvalue weighted by Crippen LogP contribution is 2.35. The number of nitriles is 2. The SMILES string of the molecule is CCc1ccc(NC(=O)/C(C#N)=C/c2cc(Cl)c(OCc3ccccc3C#N)c(Cl)c2)cc1. The number of aryl methyl sites for hydroxylation is 1. The molecule has 0 atom stereocenters. The molecule has 0 unspecified atom stereocenters. The molecule has 164 valence electrons. The molecule has 0 spiro atoms. The monoisotopic (exact) mass is 475 g/mol. The van der Waals surface area contributed by atoms with Crippen LogP contribution in [0.4, 0.5) is 5.69 Å². The molecule has 5 nitrogen and oxygen atoms in total. The molecular weight excluding hydrogens is 457 g/mol. The minimum atomic E-state index is -0.539. The Labute approximate surface area is 202 Å². The minimum Gasteiger partial charge on any atom is -0.486 e. The van der Waals surface area contributed by atoms with E-state index in [1.807, 2.05) is 31.2 Å². The van der Waals surface area contributed by atoms with E-state index in [4.69, 9.17) is 27.9 Å². The van der Waals surface area contributed by atoms with Gasteiger partial charge in [0.15, 0.2) is 5.75 Å². The van der Waals surface area contributed by atoms with Gasteiger partial charge in [-0.1, -0.05) is 60.5 Å². The normalized spacial score (nSPS) is 10.8. The van der Waals surface area contributed by atoms with E-state index in [2.05, 4.69) is 11.4 Å². The molecule has 0 aromatic heterocycles. The van der Waals surface area contributed by atoms with Gasteiger partial charge in [0.2, 0.25) is 0 Å². The van der Waals surface area contributed by atoms with Crippen LogP contribution in [0, 0.1) is 22.7 Å². The van der Waals surface area contributed by atoms with Crippen molar-refractivity contribution in [3.05, 3.63) is 98.5 Å². The van der Waals surface area contributed by atoms with Crippen LogP contribution in [0.25, 0.3) is 6.08 Å². The number of carbonyl (C=O) groups excluding carboxylic acids is 1. The molecule has 1 N–H and O–H groups in total. The fourth-order valence-corrected chi connectivity index (χ4v) is 3.66. The molecule has 7 heteroatoms. The first-order valence-electron chi connectivity index (χ1n) is 10.1. The lowest BCUT2D eigenvalue weighted by Gasteiger charge is -2.12. The van der Waals surface area contributed by atoms with E-state index >= 15 is 0 Å². The lowest BCUT2D eigenvalue weighted by atomic mass is 10.1. The maximum absolute atomic E-state index is 12.5. The summed E-state index contributed by atoms with van der Waals surface area (Å²) in [6.45, 7) is 2.16. The molecule has 1 amide bonds. The highest BCUT2D eigenvalue weighted by atomic mass is 35.5. The molecule has 0 aliphatic carbocycles. The largest absolute Gasteiger partial charge is 0.486 e. The third kappa shape index (κ3) is 6.14. The van der Waals surface area contributed by atoms with E-state index in [9.17, 15) is 15.3 Å². The number of carbonyl (C=O) groups is 1. The van der Waals surface area contributed by atoms with Gasteiger partial charge in [-0.2, -0.15) is 10.5 Å². The molecule has 3 rings (SSSR count). The van der Waals surface area contributed by atoms with Crippen LogP contribution < -0.4 is 10.1 Å². The summed E-state index contributed by atoms with van der Waals surface area (Å²) in [6, 6.07) is 21.6. The zero-order chi connectivity index (χ0) is 23.8. The van der Waals surface area contributed by atoms with Crippen LogP contribution in [0.1, 0.15) is 29.2 Å². The topological polar surface area (TPSA) is 85.9 Å². The van der Waals surface area contributed by atoms with Gasteiger partial charge >= 0.3 is 0 Å². The highest BCUT2D eigenvalue weighted by molar-refractivity contribution is 6.37. The zero-order valence-electron chi connectivity index (χ0n) is 17.7. The van der Waals surface area contributed by atoms with Crippen molar-refractivity contribution in [2.45, 2.75) is 20.0 Å². The van der Waals surface area contributed by atoms with Crippen molar-refractivity contribution in [1.82, 2.24) is 0 Å². The lowest BCUT2D eigenvalue weighted by Crippen LogP contribution is -2.13. The van der Waals surface area contributed by atoms with Crippen LogP contribution in [-0.4, -0.2) is 5.91 Å². The van der Waals surface area contributed by atoms with Gasteiger partial charge in [0.05, 0.1) is 21.7 Å². The summed E-state index contributed by atoms with van der Waals surface area (Å²) in [6.07, 6.45) is 2.30. The number of halogens is 2. The van der Waals surface area contributed by atoms with Crippen molar-refractivity contribution in [2.24, 2.45) is 0 Å². The van der Waals surface area contributed by atoms with Crippen molar-refractivity contribution in [1.29, 1.82) is 10.5 Å². The number of rotatable bonds is 7. The highest BCUT2D eigenvalue weighted by Gasteiger charge is 2.14. The Morgan fingerprint density at radius 3 is 2.33 bits per heavy atom. The number of hydrogen-bond donors (Lipinski definition) is 1. The number of ether oxygens (including phenoxy) is 1. The fourth-order valence-electron chi connectivity index (χ4n) is 3.04. The molecule has 0 radical (unpaired) electrons. The van der Waals surface area contributed by atoms with E-state index in [1.54, 1.807) is 42.5 Å². The third-order valence-electron chi connectivity index (χ3n) is 4.83. The van der Waals surface area contributed by atoms with Gasteiger partial charge in [0, 0.05) is 11.3 Å². The average molecular weight is 476 g/mol. The van der Waals surface area contributed by atoms with Gasteiger partial charge in [-0.25, -0.2) is 0 Å². The smallest absolute Gasteiger partial charge is 0.266 e. The van der Waals surface area contributed by atoms with Crippen LogP contribution in [0.5, 0.6) is 5.75 Å². The summed E-state index contributed by atoms with van der Waals surface area (Å²) < 4.78 is 5.75. The second kappa shape index (κ2) is 11.2. The number of amides is 1. The molecule has 0 saturated carbocycles. The molecule has 33 heavy (non-hydrogen) atoms. The summed E-state index contributed by atoms with van der Waals surface area (Å²) in [5.74, 6) is -0.287. The Bertz CT molecular complexity index is 1260. The molecule has 0 fully saturated rings. The maximum atomic E-state index is 12.5. The van der Waals surface area contributed by atoms with Crippen molar-refractivity contribution >= 4 is 40.9 Å². The predicted octanol–water partition coefficient (Wildman–Crippen LogP) is 6.55. The van der Waals surface area contributed by atoms with Crippen molar-refractivity contribution in [3.8, 4) is 17.9 Å². The Morgan fingerprint density at radius 2 is 1.73 bits per heavy atom. The van der Waals surface area contributed by atoms with Crippen molar-refractivity contribution in [2.75, 3.05) is 5.32 Å².